The van der Waals surface area contributed by atoms with Gasteiger partial charge in [-0.3, -0.25) is 0 Å². The molecule has 2 heterocycles. The molecule has 2 unspecified atom stereocenters. The average Bonchev–Trinajstić information content (AvgIpc) is 2.88. The van der Waals surface area contributed by atoms with Crippen molar-refractivity contribution in [3.05, 3.63) is 29.8 Å². The van der Waals surface area contributed by atoms with Crippen LogP contribution < -0.4 is 4.74 Å². The highest BCUT2D eigenvalue weighted by Crippen LogP contribution is 2.44. The molecule has 2 aliphatic rings. The first kappa shape index (κ1) is 14.2. The Bertz CT molecular complexity index is 624. The zero-order chi connectivity index (χ0) is 15.0. The molecule has 0 bridgehead atoms. The van der Waals surface area contributed by atoms with Crippen LogP contribution in [-0.4, -0.2) is 39.2 Å². The number of para-hydroxylation sites is 1. The van der Waals surface area contributed by atoms with E-state index in [0.29, 0.717) is 5.17 Å². The third kappa shape index (κ3) is 2.37. The number of aliphatic imine (C=N–C) groups is 1. The first-order valence-electron chi connectivity index (χ1n) is 6.87. The van der Waals surface area contributed by atoms with E-state index >= 15 is 0 Å². The van der Waals surface area contributed by atoms with Gasteiger partial charge < -0.3 is 14.7 Å². The molecule has 21 heavy (non-hydrogen) atoms. The molecule has 1 fully saturated rings. The van der Waals surface area contributed by atoms with Gasteiger partial charge in [0, 0.05) is 17.9 Å². The van der Waals surface area contributed by atoms with E-state index in [0.717, 1.165) is 23.6 Å². The van der Waals surface area contributed by atoms with Crippen molar-refractivity contribution in [1.82, 2.24) is 4.90 Å². The normalized spacial score (nSPS) is 28.9. The Hall–Kier alpha value is -1.71. The lowest BCUT2D eigenvalue weighted by atomic mass is 9.86. The van der Waals surface area contributed by atoms with Crippen molar-refractivity contribution < 1.29 is 9.84 Å². The first-order valence-corrected chi connectivity index (χ1v) is 7.85. The fourth-order valence-corrected chi connectivity index (χ4v) is 3.81. The topological polar surface area (TPSA) is 68.8 Å². The van der Waals surface area contributed by atoms with Gasteiger partial charge in [-0.2, -0.15) is 5.26 Å². The van der Waals surface area contributed by atoms with E-state index in [4.69, 9.17) is 10.00 Å². The number of amidine groups is 1. The molecule has 0 amide bonds. The lowest BCUT2D eigenvalue weighted by Gasteiger charge is -2.45. The molecule has 0 saturated carbocycles. The second-order valence-electron chi connectivity index (χ2n) is 5.67. The highest BCUT2D eigenvalue weighted by atomic mass is 32.2. The summed E-state index contributed by atoms with van der Waals surface area (Å²) in [6.45, 7) is 4.52. The molecular formula is C15H17N3O2S. The van der Waals surface area contributed by atoms with Crippen LogP contribution in [0.1, 0.15) is 25.5 Å². The number of hydrogen-bond acceptors (Lipinski definition) is 5. The Morgan fingerprint density at radius 2 is 2.24 bits per heavy atom. The standard InChI is InChI=1S/C15H17N3O2S/c1-15(2)13(19)12(10-5-3-4-6-11(10)20-15)18-7-8-21-14(18)17-9-16/h3-6,12-13,19H,7-8H2,1-2H3. The summed E-state index contributed by atoms with van der Waals surface area (Å²) in [4.78, 5) is 5.91. The van der Waals surface area contributed by atoms with Gasteiger partial charge in [0.05, 0.1) is 6.04 Å². The summed E-state index contributed by atoms with van der Waals surface area (Å²) in [5.41, 5.74) is 0.252. The van der Waals surface area contributed by atoms with Crippen LogP contribution in [0.4, 0.5) is 0 Å². The number of fused-ring (bicyclic) bond motifs is 1. The minimum atomic E-state index is -0.699. The van der Waals surface area contributed by atoms with Crippen LogP contribution in [0, 0.1) is 11.5 Å². The van der Waals surface area contributed by atoms with E-state index in [-0.39, 0.29) is 6.04 Å². The van der Waals surface area contributed by atoms with Gasteiger partial charge in [-0.05, 0) is 19.9 Å². The molecule has 3 rings (SSSR count). The lowest BCUT2D eigenvalue weighted by Crippen LogP contribution is -2.53. The van der Waals surface area contributed by atoms with Crippen molar-refractivity contribution in [2.45, 2.75) is 31.6 Å². The quantitative estimate of drug-likeness (QED) is 0.805. The molecule has 0 spiro atoms. The third-order valence-corrected chi connectivity index (χ3v) is 4.88. The average molecular weight is 303 g/mol. The molecule has 110 valence electrons. The first-order chi connectivity index (χ1) is 10.0. The lowest BCUT2D eigenvalue weighted by molar-refractivity contribution is -0.0799. The summed E-state index contributed by atoms with van der Waals surface area (Å²) in [6.07, 6.45) is 1.15. The second-order valence-corrected chi connectivity index (χ2v) is 6.73. The molecule has 1 saturated heterocycles. The van der Waals surface area contributed by atoms with Gasteiger partial charge in [0.2, 0.25) is 6.19 Å². The highest BCUT2D eigenvalue weighted by Gasteiger charge is 2.47. The van der Waals surface area contributed by atoms with Gasteiger partial charge in [0.1, 0.15) is 17.5 Å². The Morgan fingerprint density at radius 3 is 3.00 bits per heavy atom. The van der Waals surface area contributed by atoms with Gasteiger partial charge in [-0.25, -0.2) is 0 Å². The summed E-state index contributed by atoms with van der Waals surface area (Å²) < 4.78 is 5.93. The fraction of sp³-hybridized carbons (Fsp3) is 0.467. The molecule has 6 heteroatoms. The summed E-state index contributed by atoms with van der Waals surface area (Å²) in [5, 5.41) is 20.3. The summed E-state index contributed by atoms with van der Waals surface area (Å²) in [6, 6.07) is 7.50. The fourth-order valence-electron chi connectivity index (χ4n) is 2.86. The predicted octanol–water partition coefficient (Wildman–Crippen LogP) is 2.15. The van der Waals surface area contributed by atoms with Gasteiger partial charge in [0.25, 0.3) is 0 Å². The second kappa shape index (κ2) is 5.24. The molecule has 1 N–H and O–H groups in total. The number of hydrogen-bond donors (Lipinski definition) is 1. The number of aliphatic hydroxyl groups is 1. The van der Waals surface area contributed by atoms with Gasteiger partial charge in [-0.15, -0.1) is 4.99 Å². The smallest absolute Gasteiger partial charge is 0.208 e. The van der Waals surface area contributed by atoms with E-state index in [1.165, 1.54) is 0 Å². The van der Waals surface area contributed by atoms with Crippen molar-refractivity contribution in [3.63, 3.8) is 0 Å². The van der Waals surface area contributed by atoms with Gasteiger partial charge in [-0.1, -0.05) is 30.0 Å². The number of aliphatic hydroxyl groups excluding tert-OH is 1. The number of rotatable bonds is 1. The SMILES string of the molecule is CC1(C)Oc2ccccc2C(N2CCSC2=NC#N)C1O. The minimum absolute atomic E-state index is 0.243. The number of nitrogens with zero attached hydrogens (tertiary/aromatic N) is 3. The maximum Gasteiger partial charge on any atom is 0.208 e. The molecule has 2 aliphatic heterocycles. The van der Waals surface area contributed by atoms with Crippen LogP contribution in [0.5, 0.6) is 5.75 Å². The molecule has 2 atom stereocenters. The number of thioether (sulfide) groups is 1. The minimum Gasteiger partial charge on any atom is -0.485 e. The molecule has 0 radical (unpaired) electrons. The Balaban J connectivity index is 2.08. The highest BCUT2D eigenvalue weighted by molar-refractivity contribution is 8.14. The number of ether oxygens (including phenoxy) is 1. The van der Waals surface area contributed by atoms with Crippen molar-refractivity contribution in [1.29, 1.82) is 5.26 Å². The third-order valence-electron chi connectivity index (χ3n) is 3.91. The zero-order valence-electron chi connectivity index (χ0n) is 12.0. The van der Waals surface area contributed by atoms with Crippen LogP contribution in [0.2, 0.25) is 0 Å². The van der Waals surface area contributed by atoms with E-state index in [9.17, 15) is 5.11 Å². The van der Waals surface area contributed by atoms with Crippen LogP contribution in [0.15, 0.2) is 29.3 Å². The van der Waals surface area contributed by atoms with Crippen molar-refractivity contribution in [2.75, 3.05) is 12.3 Å². The summed E-state index contributed by atoms with van der Waals surface area (Å²) in [5.74, 6) is 1.65. The molecule has 0 aromatic heterocycles. The monoisotopic (exact) mass is 303 g/mol. The Kier molecular flexibility index (Phi) is 3.56. The van der Waals surface area contributed by atoms with Crippen molar-refractivity contribution >= 4 is 16.9 Å². The van der Waals surface area contributed by atoms with E-state index in [1.807, 2.05) is 49.2 Å². The largest absolute Gasteiger partial charge is 0.485 e. The van der Waals surface area contributed by atoms with Crippen LogP contribution in [0.3, 0.4) is 0 Å². The van der Waals surface area contributed by atoms with E-state index in [1.54, 1.807) is 11.8 Å². The van der Waals surface area contributed by atoms with Crippen LogP contribution >= 0.6 is 11.8 Å². The Morgan fingerprint density at radius 1 is 1.48 bits per heavy atom. The predicted molar refractivity (Wildman–Crippen MR) is 82.1 cm³/mol. The Labute approximate surface area is 128 Å². The van der Waals surface area contributed by atoms with Crippen molar-refractivity contribution in [3.8, 4) is 11.9 Å². The molecule has 1 aromatic rings. The molecule has 0 aliphatic carbocycles. The maximum absolute atomic E-state index is 10.8. The summed E-state index contributed by atoms with van der Waals surface area (Å²) >= 11 is 1.55. The zero-order valence-corrected chi connectivity index (χ0v) is 12.8. The molecule has 1 aromatic carbocycles. The van der Waals surface area contributed by atoms with E-state index < -0.39 is 11.7 Å². The van der Waals surface area contributed by atoms with Gasteiger partial charge in [0.15, 0.2) is 5.17 Å². The summed E-state index contributed by atoms with van der Waals surface area (Å²) in [7, 11) is 0. The van der Waals surface area contributed by atoms with Crippen LogP contribution in [0.25, 0.3) is 0 Å². The number of nitriles is 1. The van der Waals surface area contributed by atoms with Crippen LogP contribution in [-0.2, 0) is 0 Å². The number of benzene rings is 1. The maximum atomic E-state index is 10.8. The van der Waals surface area contributed by atoms with Crippen molar-refractivity contribution in [2.24, 2.45) is 4.99 Å². The van der Waals surface area contributed by atoms with E-state index in [2.05, 4.69) is 4.99 Å². The van der Waals surface area contributed by atoms with Gasteiger partial charge >= 0.3 is 0 Å². The molecule has 5 nitrogen and oxygen atoms in total. The molecular weight excluding hydrogens is 286 g/mol.